The molecule has 0 aliphatic carbocycles. The van der Waals surface area contributed by atoms with Crippen molar-refractivity contribution < 1.29 is 37.8 Å². The van der Waals surface area contributed by atoms with Gasteiger partial charge in [0.1, 0.15) is 5.69 Å². The zero-order valence-electron chi connectivity index (χ0n) is 16.0. The molecule has 0 aliphatic rings. The van der Waals surface area contributed by atoms with Gasteiger partial charge in [-0.05, 0) is 12.5 Å². The number of carbonyl (C=O) groups is 1. The Morgan fingerprint density at radius 3 is 2.35 bits per heavy atom. The minimum absolute atomic E-state index is 0.0751. The van der Waals surface area contributed by atoms with Crippen LogP contribution in [0.4, 0.5) is 17.1 Å². The Kier molecular flexibility index (Phi) is 10.2. The Balaban J connectivity index is 3.50. The third-order valence-corrected chi connectivity index (χ3v) is 5.13. The quantitative estimate of drug-likeness (QED) is 0.116. The highest BCUT2D eigenvalue weighted by atomic mass is 79.9. The van der Waals surface area contributed by atoms with Crippen LogP contribution in [0.15, 0.2) is 12.1 Å². The van der Waals surface area contributed by atoms with Gasteiger partial charge >= 0.3 is 5.69 Å². The number of carbonyl (C=O) groups excluding carboxylic acids is 1. The van der Waals surface area contributed by atoms with Gasteiger partial charge in [0, 0.05) is 31.0 Å². The third-order valence-electron chi connectivity index (χ3n) is 3.98. The van der Waals surface area contributed by atoms with Crippen molar-refractivity contribution in [3.8, 4) is 0 Å². The maximum Gasteiger partial charge on any atom is 0.312 e. The molecule has 1 aromatic rings. The number of nitro groups is 2. The summed E-state index contributed by atoms with van der Waals surface area (Å²) in [5, 5.41) is 43.8. The minimum Gasteiger partial charge on any atom is -0.394 e. The van der Waals surface area contributed by atoms with E-state index in [1.165, 1.54) is 4.90 Å². The molecule has 1 aromatic carbocycles. The number of halogens is 1. The first-order valence-electron chi connectivity index (χ1n) is 8.71. The van der Waals surface area contributed by atoms with Crippen molar-refractivity contribution in [3.05, 3.63) is 37.9 Å². The van der Waals surface area contributed by atoms with Crippen LogP contribution in [-0.2, 0) is 10.1 Å². The normalized spacial score (nSPS) is 12.3. The van der Waals surface area contributed by atoms with Crippen molar-refractivity contribution in [1.29, 1.82) is 0 Å². The maximum absolute atomic E-state index is 12.5. The van der Waals surface area contributed by atoms with E-state index < -0.39 is 67.8 Å². The summed E-state index contributed by atoms with van der Waals surface area (Å²) < 4.78 is 30.8. The van der Waals surface area contributed by atoms with Crippen LogP contribution >= 0.6 is 15.9 Å². The van der Waals surface area contributed by atoms with E-state index in [0.717, 1.165) is 12.1 Å². The van der Waals surface area contributed by atoms with Gasteiger partial charge in [0.15, 0.2) is 5.56 Å². The number of nitro benzene ring substituents is 2. The number of nitrogens with one attached hydrogen (secondary N) is 1. The molecule has 1 atom stereocenters. The van der Waals surface area contributed by atoms with Crippen LogP contribution in [0.5, 0.6) is 0 Å². The van der Waals surface area contributed by atoms with E-state index in [0.29, 0.717) is 0 Å². The molecular formula is C15H21BrN4O10S. The Morgan fingerprint density at radius 1 is 1.23 bits per heavy atom. The number of aliphatic hydroxyl groups is 2. The predicted molar refractivity (Wildman–Crippen MR) is 112 cm³/mol. The van der Waals surface area contributed by atoms with Crippen LogP contribution < -0.4 is 10.2 Å². The Bertz CT molecular complexity index is 927. The fraction of sp³-hybridized carbons (Fsp3) is 0.533. The lowest BCUT2D eigenvalue weighted by Crippen LogP contribution is -2.35. The van der Waals surface area contributed by atoms with Crippen LogP contribution in [0.2, 0.25) is 0 Å². The third kappa shape index (κ3) is 7.98. The number of aliphatic hydroxyl groups excluding tert-OH is 2. The molecule has 0 heterocycles. The van der Waals surface area contributed by atoms with Gasteiger partial charge < -0.3 is 20.4 Å². The first kappa shape index (κ1) is 26.6. The molecule has 0 saturated heterocycles. The van der Waals surface area contributed by atoms with Crippen LogP contribution in [0.25, 0.3) is 0 Å². The Morgan fingerprint density at radius 2 is 1.87 bits per heavy atom. The van der Waals surface area contributed by atoms with Gasteiger partial charge in [-0.3, -0.25) is 29.6 Å². The fourth-order valence-electron chi connectivity index (χ4n) is 2.64. The number of amides is 1. The van der Waals surface area contributed by atoms with Crippen molar-refractivity contribution >= 4 is 49.0 Å². The summed E-state index contributed by atoms with van der Waals surface area (Å²) in [5.74, 6) is -1.82. The molecule has 4 N–H and O–H groups in total. The van der Waals surface area contributed by atoms with Crippen molar-refractivity contribution in [3.63, 3.8) is 0 Å². The lowest BCUT2D eigenvalue weighted by atomic mass is 10.1. The van der Waals surface area contributed by atoms with Gasteiger partial charge in [-0.1, -0.05) is 15.9 Å². The summed E-state index contributed by atoms with van der Waals surface area (Å²) in [4.78, 5) is 35.1. The molecule has 0 aliphatic heterocycles. The first-order valence-corrected chi connectivity index (χ1v) is 11.4. The number of alkyl halides is 1. The smallest absolute Gasteiger partial charge is 0.312 e. The number of hydrogen-bond donors (Lipinski definition) is 4. The topological polar surface area (TPSA) is 213 Å². The van der Waals surface area contributed by atoms with Crippen molar-refractivity contribution in [2.24, 2.45) is 0 Å². The second-order valence-electron chi connectivity index (χ2n) is 6.20. The number of rotatable bonds is 13. The predicted octanol–water partition coefficient (Wildman–Crippen LogP) is 0.0652. The highest BCUT2D eigenvalue weighted by molar-refractivity contribution is 9.09. The molecule has 0 saturated carbocycles. The van der Waals surface area contributed by atoms with Crippen LogP contribution in [-0.4, -0.2) is 82.4 Å². The Labute approximate surface area is 185 Å². The average Bonchev–Trinajstić information content (AvgIpc) is 2.68. The largest absolute Gasteiger partial charge is 0.394 e. The zero-order valence-corrected chi connectivity index (χ0v) is 18.4. The van der Waals surface area contributed by atoms with Crippen LogP contribution in [0, 0.1) is 20.2 Å². The minimum atomic E-state index is -4.27. The lowest BCUT2D eigenvalue weighted by molar-refractivity contribution is -0.394. The molecule has 31 heavy (non-hydrogen) atoms. The van der Waals surface area contributed by atoms with Crippen LogP contribution in [0.3, 0.4) is 0 Å². The van der Waals surface area contributed by atoms with Crippen LogP contribution in [0.1, 0.15) is 16.8 Å². The lowest BCUT2D eigenvalue weighted by Gasteiger charge is -2.24. The fourth-order valence-corrected chi connectivity index (χ4v) is 3.56. The van der Waals surface area contributed by atoms with E-state index in [1.54, 1.807) is 0 Å². The first-order chi connectivity index (χ1) is 14.4. The number of benzene rings is 1. The summed E-state index contributed by atoms with van der Waals surface area (Å²) in [6.07, 6.45) is -1.49. The Hall–Kier alpha value is -2.40. The van der Waals surface area contributed by atoms with E-state index in [2.05, 4.69) is 21.2 Å². The molecule has 16 heteroatoms. The second-order valence-corrected chi connectivity index (χ2v) is 8.57. The summed E-state index contributed by atoms with van der Waals surface area (Å²) in [6, 6.07) is 1.98. The molecule has 174 valence electrons. The highest BCUT2D eigenvalue weighted by Gasteiger charge is 2.35. The molecule has 14 nitrogen and oxygen atoms in total. The highest BCUT2D eigenvalue weighted by Crippen LogP contribution is 2.37. The molecule has 1 unspecified atom stereocenters. The summed E-state index contributed by atoms with van der Waals surface area (Å²) >= 11 is 3.16. The zero-order chi connectivity index (χ0) is 23.8. The standard InChI is InChI=1S/C15H21BrN4O10S/c16-4-6-18(5-1-7-31(28,29)30)12-3-2-11(19(24)25)13(14(12)20(26)27)15(23)17-8-10(22)9-21/h2-3,10,21-22H,1,4-9H2,(H,17,23)(H,28,29,30). The molecule has 0 bridgehead atoms. The summed E-state index contributed by atoms with van der Waals surface area (Å²) in [7, 11) is -4.27. The molecular weight excluding hydrogens is 508 g/mol. The maximum atomic E-state index is 12.5. The van der Waals surface area contributed by atoms with E-state index in [1.807, 2.05) is 0 Å². The van der Waals surface area contributed by atoms with Gasteiger partial charge in [-0.25, -0.2) is 0 Å². The van der Waals surface area contributed by atoms with Gasteiger partial charge in [0.2, 0.25) is 0 Å². The number of hydrogen-bond acceptors (Lipinski definition) is 10. The molecule has 0 radical (unpaired) electrons. The van der Waals surface area contributed by atoms with Gasteiger partial charge in [-0.2, -0.15) is 8.42 Å². The summed E-state index contributed by atoms with van der Waals surface area (Å²) in [6.45, 7) is -1.17. The van der Waals surface area contributed by atoms with Gasteiger partial charge in [-0.15, -0.1) is 0 Å². The molecule has 1 rings (SSSR count). The van der Waals surface area contributed by atoms with E-state index in [4.69, 9.17) is 9.66 Å². The molecule has 0 fully saturated rings. The number of nitrogens with zero attached hydrogens (tertiary/aromatic N) is 3. The van der Waals surface area contributed by atoms with Crippen molar-refractivity contribution in [2.45, 2.75) is 12.5 Å². The van der Waals surface area contributed by atoms with E-state index in [9.17, 15) is 38.5 Å². The number of anilines is 1. The van der Waals surface area contributed by atoms with Crippen molar-refractivity contribution in [1.82, 2.24) is 5.32 Å². The van der Waals surface area contributed by atoms with Gasteiger partial charge in [0.05, 0.1) is 28.3 Å². The van der Waals surface area contributed by atoms with E-state index >= 15 is 0 Å². The van der Waals surface area contributed by atoms with Gasteiger partial charge in [0.25, 0.3) is 21.7 Å². The monoisotopic (exact) mass is 528 g/mol. The summed E-state index contributed by atoms with van der Waals surface area (Å²) in [5.41, 5.74) is -2.74. The molecule has 1 amide bonds. The molecule has 0 aromatic heterocycles. The second kappa shape index (κ2) is 11.8. The SMILES string of the molecule is O=C(NCC(O)CO)c1c([N+](=O)[O-])ccc(N(CCBr)CCCS(=O)(=O)O)c1[N+](=O)[O-]. The average molecular weight is 529 g/mol. The van der Waals surface area contributed by atoms with E-state index in [-0.39, 0.29) is 30.5 Å². The molecule has 0 spiro atoms. The van der Waals surface area contributed by atoms with Crippen molar-refractivity contribution in [2.75, 3.05) is 42.2 Å².